The van der Waals surface area contributed by atoms with Crippen molar-refractivity contribution in [3.8, 4) is 5.75 Å². The van der Waals surface area contributed by atoms with Gasteiger partial charge in [-0.3, -0.25) is 10.00 Å². The Hall–Kier alpha value is -1.92. The molecular formula is C17H24N4O2. The zero-order valence-corrected chi connectivity index (χ0v) is 14.0. The molecule has 6 heteroatoms. The molecular weight excluding hydrogens is 292 g/mol. The highest BCUT2D eigenvalue weighted by atomic mass is 16.5. The molecule has 1 saturated heterocycles. The van der Waals surface area contributed by atoms with Crippen LogP contribution in [-0.2, 0) is 11.3 Å². The maximum absolute atomic E-state index is 5.87. The van der Waals surface area contributed by atoms with Gasteiger partial charge in [-0.2, -0.15) is 5.10 Å². The zero-order valence-electron chi connectivity index (χ0n) is 14.0. The van der Waals surface area contributed by atoms with Gasteiger partial charge in [-0.15, -0.1) is 0 Å². The number of morpholine rings is 1. The Morgan fingerprint density at radius 3 is 3.04 bits per heavy atom. The van der Waals surface area contributed by atoms with Crippen LogP contribution in [0.2, 0.25) is 0 Å². The van der Waals surface area contributed by atoms with Crippen LogP contribution in [0, 0.1) is 0 Å². The second-order valence-electron chi connectivity index (χ2n) is 6.18. The second-order valence-corrected chi connectivity index (χ2v) is 6.18. The molecule has 1 N–H and O–H groups in total. The summed E-state index contributed by atoms with van der Waals surface area (Å²) in [5.74, 6) is 2.87. The number of nitrogens with one attached hydrogen (secondary N) is 1. The number of nitrogens with zero attached hydrogens (tertiary/aromatic N) is 3. The summed E-state index contributed by atoms with van der Waals surface area (Å²) < 4.78 is 11.2. The predicted octanol–water partition coefficient (Wildman–Crippen LogP) is 2.51. The number of H-pyrrole nitrogens is 1. The fraction of sp³-hybridized carbons (Fsp3) is 0.529. The molecule has 0 radical (unpaired) electrons. The van der Waals surface area contributed by atoms with Crippen LogP contribution in [0.15, 0.2) is 24.3 Å². The molecule has 0 aliphatic carbocycles. The van der Waals surface area contributed by atoms with Crippen LogP contribution >= 0.6 is 0 Å². The topological polar surface area (TPSA) is 63.3 Å². The van der Waals surface area contributed by atoms with Gasteiger partial charge in [0.1, 0.15) is 11.9 Å². The van der Waals surface area contributed by atoms with Crippen molar-refractivity contribution in [1.29, 1.82) is 0 Å². The lowest BCUT2D eigenvalue weighted by molar-refractivity contribution is -0.0371. The van der Waals surface area contributed by atoms with E-state index in [0.717, 1.165) is 37.0 Å². The fourth-order valence-corrected chi connectivity index (χ4v) is 2.73. The minimum atomic E-state index is -0.0469. The van der Waals surface area contributed by atoms with Gasteiger partial charge in [0.15, 0.2) is 11.6 Å². The van der Waals surface area contributed by atoms with Gasteiger partial charge < -0.3 is 9.47 Å². The van der Waals surface area contributed by atoms with Crippen molar-refractivity contribution in [3.63, 3.8) is 0 Å². The van der Waals surface area contributed by atoms with E-state index in [1.54, 1.807) is 7.11 Å². The molecule has 124 valence electrons. The first-order valence-corrected chi connectivity index (χ1v) is 8.05. The van der Waals surface area contributed by atoms with E-state index in [1.165, 1.54) is 5.56 Å². The first kappa shape index (κ1) is 16.0. The third-order valence-corrected chi connectivity index (χ3v) is 4.03. The molecule has 2 heterocycles. The summed E-state index contributed by atoms with van der Waals surface area (Å²) in [5, 5.41) is 7.30. The van der Waals surface area contributed by atoms with Crippen LogP contribution in [-0.4, -0.2) is 46.9 Å². The van der Waals surface area contributed by atoms with E-state index < -0.39 is 0 Å². The Kier molecular flexibility index (Phi) is 4.93. The minimum Gasteiger partial charge on any atom is -0.497 e. The number of rotatable bonds is 5. The molecule has 3 rings (SSSR count). The second kappa shape index (κ2) is 7.10. The summed E-state index contributed by atoms with van der Waals surface area (Å²) in [6.07, 6.45) is -0.0469. The largest absolute Gasteiger partial charge is 0.497 e. The quantitative estimate of drug-likeness (QED) is 0.918. The van der Waals surface area contributed by atoms with Crippen LogP contribution in [0.5, 0.6) is 5.75 Å². The summed E-state index contributed by atoms with van der Waals surface area (Å²) in [4.78, 5) is 6.94. The number of benzene rings is 1. The van der Waals surface area contributed by atoms with E-state index in [9.17, 15) is 0 Å². The highest BCUT2D eigenvalue weighted by Crippen LogP contribution is 2.22. The Balaban J connectivity index is 1.65. The Morgan fingerprint density at radius 2 is 2.30 bits per heavy atom. The molecule has 1 aromatic carbocycles. The van der Waals surface area contributed by atoms with Gasteiger partial charge in [-0.05, 0) is 17.7 Å². The van der Waals surface area contributed by atoms with Crippen molar-refractivity contribution < 1.29 is 9.47 Å². The summed E-state index contributed by atoms with van der Waals surface area (Å²) in [5.41, 5.74) is 1.24. The molecule has 1 atom stereocenters. The summed E-state index contributed by atoms with van der Waals surface area (Å²) in [7, 11) is 1.69. The SMILES string of the molecule is COc1cccc(CN2CCO[C@H](c3nc(C(C)C)n[nH]3)C2)c1. The molecule has 1 aliphatic rings. The number of hydrogen-bond acceptors (Lipinski definition) is 5. The van der Waals surface area contributed by atoms with Crippen molar-refractivity contribution in [1.82, 2.24) is 20.1 Å². The summed E-state index contributed by atoms with van der Waals surface area (Å²) >= 11 is 0. The number of ether oxygens (including phenoxy) is 2. The molecule has 1 aromatic heterocycles. The molecule has 2 aromatic rings. The number of methoxy groups -OCH3 is 1. The first-order valence-electron chi connectivity index (χ1n) is 8.05. The molecule has 0 amide bonds. The van der Waals surface area contributed by atoms with Crippen molar-refractivity contribution in [2.24, 2.45) is 0 Å². The van der Waals surface area contributed by atoms with Crippen LogP contribution < -0.4 is 4.74 Å². The molecule has 0 spiro atoms. The van der Waals surface area contributed by atoms with Crippen molar-refractivity contribution in [2.45, 2.75) is 32.4 Å². The van der Waals surface area contributed by atoms with Gasteiger partial charge in [-0.25, -0.2) is 4.98 Å². The molecule has 23 heavy (non-hydrogen) atoms. The number of hydrogen-bond donors (Lipinski definition) is 1. The van der Waals surface area contributed by atoms with Crippen LogP contribution in [0.4, 0.5) is 0 Å². The standard InChI is InChI=1S/C17H24N4O2/c1-12(2)16-18-17(20-19-16)15-11-21(7-8-23-15)10-13-5-4-6-14(9-13)22-3/h4-6,9,12,15H,7-8,10-11H2,1-3H3,(H,18,19,20)/t15-/m0/s1. The monoisotopic (exact) mass is 316 g/mol. The van der Waals surface area contributed by atoms with Gasteiger partial charge in [-0.1, -0.05) is 26.0 Å². The van der Waals surface area contributed by atoms with Gasteiger partial charge >= 0.3 is 0 Å². The van der Waals surface area contributed by atoms with E-state index in [0.29, 0.717) is 12.5 Å². The third kappa shape index (κ3) is 3.89. The van der Waals surface area contributed by atoms with Crippen molar-refractivity contribution in [2.75, 3.05) is 26.8 Å². The number of aromatic nitrogens is 3. The van der Waals surface area contributed by atoms with Crippen LogP contribution in [0.3, 0.4) is 0 Å². The Morgan fingerprint density at radius 1 is 1.43 bits per heavy atom. The molecule has 1 fully saturated rings. The zero-order chi connectivity index (χ0) is 16.2. The Bertz CT molecular complexity index is 641. The van der Waals surface area contributed by atoms with Crippen LogP contribution in [0.1, 0.15) is 43.1 Å². The molecule has 6 nitrogen and oxygen atoms in total. The van der Waals surface area contributed by atoms with E-state index in [2.05, 4.69) is 46.1 Å². The minimum absolute atomic E-state index is 0.0469. The van der Waals surface area contributed by atoms with Crippen molar-refractivity contribution >= 4 is 0 Å². The average Bonchev–Trinajstić information content (AvgIpc) is 3.06. The molecule has 1 aliphatic heterocycles. The fourth-order valence-electron chi connectivity index (χ4n) is 2.73. The van der Waals surface area contributed by atoms with Crippen molar-refractivity contribution in [3.05, 3.63) is 41.5 Å². The normalized spacial score (nSPS) is 19.2. The Labute approximate surface area is 136 Å². The van der Waals surface area contributed by atoms with E-state index in [-0.39, 0.29) is 6.10 Å². The highest BCUT2D eigenvalue weighted by Gasteiger charge is 2.25. The lowest BCUT2D eigenvalue weighted by Crippen LogP contribution is -2.38. The summed E-state index contributed by atoms with van der Waals surface area (Å²) in [6, 6.07) is 8.19. The van der Waals surface area contributed by atoms with Gasteiger partial charge in [0.05, 0.1) is 13.7 Å². The lowest BCUT2D eigenvalue weighted by Gasteiger charge is -2.31. The molecule has 0 bridgehead atoms. The summed E-state index contributed by atoms with van der Waals surface area (Å²) in [6.45, 7) is 7.48. The maximum Gasteiger partial charge on any atom is 0.155 e. The predicted molar refractivity (Wildman–Crippen MR) is 87.4 cm³/mol. The smallest absolute Gasteiger partial charge is 0.155 e. The average molecular weight is 316 g/mol. The van der Waals surface area contributed by atoms with Gasteiger partial charge in [0, 0.05) is 25.6 Å². The first-order chi connectivity index (χ1) is 11.2. The third-order valence-electron chi connectivity index (χ3n) is 4.03. The van der Waals surface area contributed by atoms with Gasteiger partial charge in [0.25, 0.3) is 0 Å². The van der Waals surface area contributed by atoms with E-state index >= 15 is 0 Å². The lowest BCUT2D eigenvalue weighted by atomic mass is 10.1. The maximum atomic E-state index is 5.87. The van der Waals surface area contributed by atoms with E-state index in [1.807, 2.05) is 12.1 Å². The van der Waals surface area contributed by atoms with Gasteiger partial charge in [0.2, 0.25) is 0 Å². The number of aromatic amines is 1. The molecule has 0 saturated carbocycles. The molecule has 0 unspecified atom stereocenters. The van der Waals surface area contributed by atoms with Crippen LogP contribution in [0.25, 0.3) is 0 Å². The highest BCUT2D eigenvalue weighted by molar-refractivity contribution is 5.28. The van der Waals surface area contributed by atoms with E-state index in [4.69, 9.17) is 9.47 Å².